The summed E-state index contributed by atoms with van der Waals surface area (Å²) in [7, 11) is 1.58. The Bertz CT molecular complexity index is 815. The Morgan fingerprint density at radius 3 is 2.62 bits per heavy atom. The molecule has 0 amide bonds. The molecule has 1 N–H and O–H groups in total. The lowest BCUT2D eigenvalue weighted by Gasteiger charge is -2.06. The summed E-state index contributed by atoms with van der Waals surface area (Å²) in [6.45, 7) is 2.54. The number of hydrogen-bond acceptors (Lipinski definition) is 5. The molecule has 24 heavy (non-hydrogen) atoms. The van der Waals surface area contributed by atoms with Crippen molar-refractivity contribution in [2.75, 3.05) is 12.4 Å². The number of nitrogens with one attached hydrogen (secondary N) is 1. The number of benzene rings is 2. The van der Waals surface area contributed by atoms with Crippen LogP contribution in [0.1, 0.15) is 18.4 Å². The summed E-state index contributed by atoms with van der Waals surface area (Å²) in [6, 6.07) is 13.6. The summed E-state index contributed by atoms with van der Waals surface area (Å²) < 4.78 is 10.4. The van der Waals surface area contributed by atoms with Crippen LogP contribution < -0.4 is 10.1 Å². The van der Waals surface area contributed by atoms with Crippen LogP contribution in [0.3, 0.4) is 0 Å². The number of nitrogens with zero attached hydrogens (tertiary/aromatic N) is 2. The molecule has 1 aromatic heterocycles. The van der Waals surface area contributed by atoms with E-state index >= 15 is 0 Å². The average Bonchev–Trinajstić information content (AvgIpc) is 3.09. The number of hydrogen-bond donors (Lipinski definition) is 1. The molecule has 3 aromatic rings. The van der Waals surface area contributed by atoms with Gasteiger partial charge in [-0.05, 0) is 30.2 Å². The molecule has 0 spiro atoms. The molecule has 0 saturated carbocycles. The monoisotopic (exact) mass is 343 g/mol. The van der Waals surface area contributed by atoms with Gasteiger partial charge in [0.1, 0.15) is 5.75 Å². The van der Waals surface area contributed by atoms with Crippen molar-refractivity contribution in [3.05, 3.63) is 58.9 Å². The molecule has 0 aliphatic rings. The van der Waals surface area contributed by atoms with Crippen LogP contribution in [0.2, 0.25) is 5.02 Å². The number of methoxy groups -OCH3 is 1. The van der Waals surface area contributed by atoms with E-state index in [1.807, 2.05) is 18.2 Å². The average molecular weight is 344 g/mol. The minimum absolute atomic E-state index is 0.419. The van der Waals surface area contributed by atoms with Gasteiger partial charge in [-0.15, -0.1) is 0 Å². The Morgan fingerprint density at radius 1 is 1.17 bits per heavy atom. The quantitative estimate of drug-likeness (QED) is 0.710. The van der Waals surface area contributed by atoms with Crippen LogP contribution in [-0.2, 0) is 13.0 Å². The zero-order valence-corrected chi connectivity index (χ0v) is 14.3. The fourth-order valence-corrected chi connectivity index (χ4v) is 2.55. The largest absolute Gasteiger partial charge is 0.495 e. The second-order valence-corrected chi connectivity index (χ2v) is 5.67. The standard InChI is InChI=1S/C18H18ClN3O2/c1-3-12-4-6-13(7-5-12)18-21-17(24-22-18)11-20-14-8-9-16(23-2)15(19)10-14/h4-10,20H,3,11H2,1-2H3. The fourth-order valence-electron chi connectivity index (χ4n) is 2.29. The molecule has 0 radical (unpaired) electrons. The van der Waals surface area contributed by atoms with E-state index in [9.17, 15) is 0 Å². The second-order valence-electron chi connectivity index (χ2n) is 5.27. The summed E-state index contributed by atoms with van der Waals surface area (Å²) in [5, 5.41) is 7.77. The molecule has 2 aromatic carbocycles. The van der Waals surface area contributed by atoms with E-state index in [0.29, 0.717) is 29.0 Å². The number of aromatic nitrogens is 2. The highest BCUT2D eigenvalue weighted by Gasteiger charge is 2.09. The molecule has 3 rings (SSSR count). The van der Waals surface area contributed by atoms with Gasteiger partial charge in [-0.3, -0.25) is 0 Å². The SMILES string of the molecule is CCc1ccc(-c2noc(CNc3ccc(OC)c(Cl)c3)n2)cc1. The van der Waals surface area contributed by atoms with E-state index in [-0.39, 0.29) is 0 Å². The molecule has 0 atom stereocenters. The van der Waals surface area contributed by atoms with Gasteiger partial charge in [0.05, 0.1) is 18.7 Å². The number of ether oxygens (including phenoxy) is 1. The molecule has 0 fully saturated rings. The predicted octanol–water partition coefficient (Wildman–Crippen LogP) is 4.57. The van der Waals surface area contributed by atoms with Gasteiger partial charge in [-0.2, -0.15) is 4.98 Å². The fraction of sp³-hybridized carbons (Fsp3) is 0.222. The first-order valence-electron chi connectivity index (χ1n) is 7.69. The van der Waals surface area contributed by atoms with Crippen LogP contribution >= 0.6 is 11.6 Å². The number of rotatable bonds is 6. The zero-order valence-electron chi connectivity index (χ0n) is 13.5. The summed E-state index contributed by atoms with van der Waals surface area (Å²) in [6.07, 6.45) is 1.01. The molecule has 0 saturated heterocycles. The maximum atomic E-state index is 6.10. The van der Waals surface area contributed by atoms with Gasteiger partial charge in [0, 0.05) is 11.3 Å². The van der Waals surface area contributed by atoms with Gasteiger partial charge in [0.15, 0.2) is 0 Å². The van der Waals surface area contributed by atoms with Crippen LogP contribution in [0.4, 0.5) is 5.69 Å². The lowest BCUT2D eigenvalue weighted by Crippen LogP contribution is -2.00. The van der Waals surface area contributed by atoms with Crippen molar-refractivity contribution >= 4 is 17.3 Å². The number of anilines is 1. The van der Waals surface area contributed by atoms with E-state index in [1.165, 1.54) is 5.56 Å². The van der Waals surface area contributed by atoms with Crippen LogP contribution in [0, 0.1) is 0 Å². The van der Waals surface area contributed by atoms with Crippen LogP contribution in [-0.4, -0.2) is 17.3 Å². The Balaban J connectivity index is 1.66. The Morgan fingerprint density at radius 2 is 1.96 bits per heavy atom. The first kappa shape index (κ1) is 16.3. The van der Waals surface area contributed by atoms with Crippen molar-refractivity contribution in [2.24, 2.45) is 0 Å². The summed E-state index contributed by atoms with van der Waals surface area (Å²) in [5.74, 6) is 1.73. The van der Waals surface area contributed by atoms with Crippen molar-refractivity contribution in [1.29, 1.82) is 0 Å². The summed E-state index contributed by atoms with van der Waals surface area (Å²) >= 11 is 6.10. The number of aryl methyl sites for hydroxylation is 1. The van der Waals surface area contributed by atoms with Crippen molar-refractivity contribution in [2.45, 2.75) is 19.9 Å². The maximum Gasteiger partial charge on any atom is 0.246 e. The first-order chi connectivity index (χ1) is 11.7. The third-order valence-corrected chi connectivity index (χ3v) is 3.98. The van der Waals surface area contributed by atoms with Crippen LogP contribution in [0.5, 0.6) is 5.75 Å². The molecule has 0 unspecified atom stereocenters. The van der Waals surface area contributed by atoms with Gasteiger partial charge >= 0.3 is 0 Å². The Hall–Kier alpha value is -2.53. The normalized spacial score (nSPS) is 10.6. The van der Waals surface area contributed by atoms with Gasteiger partial charge in [0.2, 0.25) is 11.7 Å². The third-order valence-electron chi connectivity index (χ3n) is 3.68. The van der Waals surface area contributed by atoms with Gasteiger partial charge in [-0.1, -0.05) is 47.9 Å². The third kappa shape index (κ3) is 3.68. The lowest BCUT2D eigenvalue weighted by atomic mass is 10.1. The predicted molar refractivity (Wildman–Crippen MR) is 94.4 cm³/mol. The maximum absolute atomic E-state index is 6.10. The van der Waals surface area contributed by atoms with Crippen LogP contribution in [0.15, 0.2) is 47.0 Å². The minimum Gasteiger partial charge on any atom is -0.495 e. The van der Waals surface area contributed by atoms with Crippen molar-refractivity contribution in [1.82, 2.24) is 10.1 Å². The van der Waals surface area contributed by atoms with Crippen LogP contribution in [0.25, 0.3) is 11.4 Å². The topological polar surface area (TPSA) is 60.2 Å². The van der Waals surface area contributed by atoms with Gasteiger partial charge in [-0.25, -0.2) is 0 Å². The van der Waals surface area contributed by atoms with E-state index in [0.717, 1.165) is 17.7 Å². The molecule has 0 bridgehead atoms. The molecular formula is C18H18ClN3O2. The molecular weight excluding hydrogens is 326 g/mol. The Kier molecular flexibility index (Phi) is 5.01. The molecule has 1 heterocycles. The highest BCUT2D eigenvalue weighted by atomic mass is 35.5. The molecule has 5 nitrogen and oxygen atoms in total. The van der Waals surface area contributed by atoms with Crippen molar-refractivity contribution < 1.29 is 9.26 Å². The highest BCUT2D eigenvalue weighted by Crippen LogP contribution is 2.27. The summed E-state index contributed by atoms with van der Waals surface area (Å²) in [4.78, 5) is 4.41. The highest BCUT2D eigenvalue weighted by molar-refractivity contribution is 6.32. The molecule has 124 valence electrons. The van der Waals surface area contributed by atoms with E-state index in [1.54, 1.807) is 19.2 Å². The molecule has 6 heteroatoms. The second kappa shape index (κ2) is 7.36. The number of halogens is 1. The van der Waals surface area contributed by atoms with Crippen molar-refractivity contribution in [3.8, 4) is 17.1 Å². The van der Waals surface area contributed by atoms with Crippen molar-refractivity contribution in [3.63, 3.8) is 0 Å². The zero-order chi connectivity index (χ0) is 16.9. The first-order valence-corrected chi connectivity index (χ1v) is 8.06. The smallest absolute Gasteiger partial charge is 0.246 e. The van der Waals surface area contributed by atoms with E-state index in [2.05, 4.69) is 34.5 Å². The minimum atomic E-state index is 0.419. The van der Waals surface area contributed by atoms with E-state index in [4.69, 9.17) is 20.9 Å². The Labute approximate surface area is 145 Å². The van der Waals surface area contributed by atoms with Gasteiger partial charge < -0.3 is 14.6 Å². The molecule has 0 aliphatic heterocycles. The summed E-state index contributed by atoms with van der Waals surface area (Å²) in [5.41, 5.74) is 3.07. The van der Waals surface area contributed by atoms with Gasteiger partial charge in [0.25, 0.3) is 0 Å². The van der Waals surface area contributed by atoms with E-state index < -0.39 is 0 Å². The molecule has 0 aliphatic carbocycles. The lowest BCUT2D eigenvalue weighted by molar-refractivity contribution is 0.384.